The summed E-state index contributed by atoms with van der Waals surface area (Å²) >= 11 is 11.8. The highest BCUT2D eigenvalue weighted by Gasteiger charge is 2.19. The first-order valence-corrected chi connectivity index (χ1v) is 7.63. The van der Waals surface area contributed by atoms with Gasteiger partial charge in [-0.05, 0) is 49.4 Å². The van der Waals surface area contributed by atoms with Gasteiger partial charge >= 0.3 is 5.97 Å². The van der Waals surface area contributed by atoms with Gasteiger partial charge in [0.15, 0.2) is 6.10 Å². The number of hydrogen-bond acceptors (Lipinski definition) is 4. The predicted octanol–water partition coefficient (Wildman–Crippen LogP) is 4.05. The summed E-state index contributed by atoms with van der Waals surface area (Å²) < 4.78 is 5.10. The van der Waals surface area contributed by atoms with E-state index in [1.165, 1.54) is 37.3 Å². The monoisotopic (exact) mass is 362 g/mol. The molecule has 0 aromatic heterocycles. The van der Waals surface area contributed by atoms with Crippen LogP contribution >= 0.6 is 23.2 Å². The van der Waals surface area contributed by atoms with E-state index in [9.17, 15) is 9.59 Å². The smallest absolute Gasteiger partial charge is 0.338 e. The lowest BCUT2D eigenvalue weighted by Gasteiger charge is -2.14. The third-order valence-electron chi connectivity index (χ3n) is 3.09. The number of benzene rings is 2. The largest absolute Gasteiger partial charge is 0.449 e. The fourth-order valence-corrected chi connectivity index (χ4v) is 2.24. The summed E-state index contributed by atoms with van der Waals surface area (Å²) in [5.41, 5.74) is 1.04. The van der Waals surface area contributed by atoms with Crippen molar-refractivity contribution in [1.82, 2.24) is 0 Å². The molecule has 0 aliphatic carbocycles. The Morgan fingerprint density at radius 1 is 1.17 bits per heavy atom. The highest BCUT2D eigenvalue weighted by Crippen LogP contribution is 2.25. The molecule has 0 bridgehead atoms. The molecule has 2 aromatic rings. The molecule has 1 atom stereocenters. The van der Waals surface area contributed by atoms with E-state index in [0.29, 0.717) is 16.3 Å². The van der Waals surface area contributed by atoms with Crippen LogP contribution in [0.2, 0.25) is 10.0 Å². The maximum Gasteiger partial charge on any atom is 0.338 e. The van der Waals surface area contributed by atoms with E-state index in [1.54, 1.807) is 12.1 Å². The molecule has 0 aliphatic rings. The lowest BCUT2D eigenvalue weighted by atomic mass is 10.1. The minimum Gasteiger partial charge on any atom is -0.449 e. The molecular weight excluding hydrogens is 351 g/mol. The van der Waals surface area contributed by atoms with Crippen LogP contribution in [0.1, 0.15) is 22.8 Å². The maximum absolute atomic E-state index is 12.1. The first kappa shape index (κ1) is 17.8. The van der Waals surface area contributed by atoms with Crippen molar-refractivity contribution in [2.24, 2.45) is 0 Å². The minimum absolute atomic E-state index is 0.248. The molecule has 122 valence electrons. The summed E-state index contributed by atoms with van der Waals surface area (Å²) in [5, 5.41) is 12.0. The van der Waals surface area contributed by atoms with Gasteiger partial charge in [-0.1, -0.05) is 23.2 Å². The quantitative estimate of drug-likeness (QED) is 0.832. The summed E-state index contributed by atoms with van der Waals surface area (Å²) in [5.74, 6) is -1.19. The molecule has 0 fully saturated rings. The maximum atomic E-state index is 12.1. The fourth-order valence-electron chi connectivity index (χ4n) is 1.79. The number of rotatable bonds is 4. The summed E-state index contributed by atoms with van der Waals surface area (Å²) in [6.45, 7) is 1.45. The Bertz CT molecular complexity index is 814. The molecule has 0 heterocycles. The summed E-state index contributed by atoms with van der Waals surface area (Å²) in [4.78, 5) is 24.1. The number of amides is 1. The molecule has 1 N–H and O–H groups in total. The van der Waals surface area contributed by atoms with Gasteiger partial charge in [-0.3, -0.25) is 4.79 Å². The Balaban J connectivity index is 2.00. The molecule has 0 saturated heterocycles. The van der Waals surface area contributed by atoms with Gasteiger partial charge in [0.05, 0.1) is 27.9 Å². The predicted molar refractivity (Wildman–Crippen MR) is 91.1 cm³/mol. The standard InChI is InChI=1S/C17H12Cl2N2O3/c1-10(16(22)21-15-7-6-13(18)8-14(15)19)24-17(23)12-4-2-11(9-20)3-5-12/h2-8,10H,1H3,(H,21,22). The molecule has 0 saturated carbocycles. The van der Waals surface area contributed by atoms with Gasteiger partial charge in [0.2, 0.25) is 0 Å². The van der Waals surface area contributed by atoms with Crippen molar-refractivity contribution < 1.29 is 14.3 Å². The Kier molecular flexibility index (Phi) is 5.80. The van der Waals surface area contributed by atoms with Crippen molar-refractivity contribution in [2.75, 3.05) is 5.32 Å². The van der Waals surface area contributed by atoms with Gasteiger partial charge in [-0.25, -0.2) is 4.79 Å². The number of halogens is 2. The third-order valence-corrected chi connectivity index (χ3v) is 3.64. The van der Waals surface area contributed by atoms with Crippen LogP contribution < -0.4 is 5.32 Å². The van der Waals surface area contributed by atoms with Crippen LogP contribution in [0.25, 0.3) is 0 Å². The average molecular weight is 363 g/mol. The van der Waals surface area contributed by atoms with E-state index in [0.717, 1.165) is 0 Å². The van der Waals surface area contributed by atoms with Crippen LogP contribution in [0, 0.1) is 11.3 Å². The first-order valence-electron chi connectivity index (χ1n) is 6.88. The molecule has 1 amide bonds. The van der Waals surface area contributed by atoms with Crippen LogP contribution in [0.5, 0.6) is 0 Å². The highest BCUT2D eigenvalue weighted by atomic mass is 35.5. The van der Waals surface area contributed by atoms with Crippen molar-refractivity contribution in [2.45, 2.75) is 13.0 Å². The fraction of sp³-hybridized carbons (Fsp3) is 0.118. The van der Waals surface area contributed by atoms with Crippen molar-refractivity contribution in [3.8, 4) is 6.07 Å². The molecule has 0 spiro atoms. The summed E-state index contributed by atoms with van der Waals surface area (Å²) in [6.07, 6.45) is -1.03. The highest BCUT2D eigenvalue weighted by molar-refractivity contribution is 6.36. The van der Waals surface area contributed by atoms with E-state index in [4.69, 9.17) is 33.2 Å². The first-order chi connectivity index (χ1) is 11.4. The number of nitrogens with one attached hydrogen (secondary N) is 1. The number of carbonyl (C=O) groups excluding carboxylic acids is 2. The van der Waals surface area contributed by atoms with Gasteiger partial charge in [0, 0.05) is 5.02 Å². The average Bonchev–Trinajstić information content (AvgIpc) is 2.57. The van der Waals surface area contributed by atoms with Crippen LogP contribution in [-0.2, 0) is 9.53 Å². The van der Waals surface area contributed by atoms with Gasteiger partial charge in [0.25, 0.3) is 5.91 Å². The molecule has 5 nitrogen and oxygen atoms in total. The number of ether oxygens (including phenoxy) is 1. The van der Waals surface area contributed by atoms with Crippen molar-refractivity contribution >= 4 is 40.8 Å². The zero-order chi connectivity index (χ0) is 17.7. The number of esters is 1. The molecule has 0 radical (unpaired) electrons. The zero-order valence-electron chi connectivity index (χ0n) is 12.5. The number of anilines is 1. The second-order valence-corrected chi connectivity index (χ2v) is 5.69. The zero-order valence-corrected chi connectivity index (χ0v) is 14.1. The Morgan fingerprint density at radius 2 is 1.83 bits per heavy atom. The summed E-state index contributed by atoms with van der Waals surface area (Å²) in [7, 11) is 0. The van der Waals surface area contributed by atoms with Gasteiger partial charge in [-0.15, -0.1) is 0 Å². The number of carbonyl (C=O) groups is 2. The van der Waals surface area contributed by atoms with E-state index in [-0.39, 0.29) is 10.6 Å². The molecule has 2 rings (SSSR count). The molecule has 7 heteroatoms. The van der Waals surface area contributed by atoms with Crippen LogP contribution in [0.4, 0.5) is 5.69 Å². The lowest BCUT2D eigenvalue weighted by molar-refractivity contribution is -0.123. The van der Waals surface area contributed by atoms with E-state index < -0.39 is 18.0 Å². The number of nitriles is 1. The lowest BCUT2D eigenvalue weighted by Crippen LogP contribution is -2.30. The van der Waals surface area contributed by atoms with Crippen molar-refractivity contribution in [3.63, 3.8) is 0 Å². The third kappa shape index (κ3) is 4.48. The second kappa shape index (κ2) is 7.82. The van der Waals surface area contributed by atoms with E-state index in [2.05, 4.69) is 5.32 Å². The number of nitrogens with zero attached hydrogens (tertiary/aromatic N) is 1. The van der Waals surface area contributed by atoms with Gasteiger partial charge in [0.1, 0.15) is 0 Å². The molecule has 2 aromatic carbocycles. The Hall–Kier alpha value is -2.55. The van der Waals surface area contributed by atoms with Crippen LogP contribution in [-0.4, -0.2) is 18.0 Å². The van der Waals surface area contributed by atoms with Gasteiger partial charge < -0.3 is 10.1 Å². The minimum atomic E-state index is -1.03. The van der Waals surface area contributed by atoms with Crippen molar-refractivity contribution in [1.29, 1.82) is 5.26 Å². The molecule has 24 heavy (non-hydrogen) atoms. The second-order valence-electron chi connectivity index (χ2n) is 4.85. The Morgan fingerprint density at radius 3 is 2.42 bits per heavy atom. The summed E-state index contributed by atoms with van der Waals surface area (Å²) in [6, 6.07) is 12.5. The van der Waals surface area contributed by atoms with Crippen molar-refractivity contribution in [3.05, 3.63) is 63.6 Å². The van der Waals surface area contributed by atoms with E-state index in [1.807, 2.05) is 6.07 Å². The Labute approximate surface area is 148 Å². The normalized spacial score (nSPS) is 11.2. The molecule has 0 aliphatic heterocycles. The molecular formula is C17H12Cl2N2O3. The molecule has 1 unspecified atom stereocenters. The topological polar surface area (TPSA) is 79.2 Å². The van der Waals surface area contributed by atoms with Gasteiger partial charge in [-0.2, -0.15) is 5.26 Å². The van der Waals surface area contributed by atoms with Crippen LogP contribution in [0.15, 0.2) is 42.5 Å². The SMILES string of the molecule is CC(OC(=O)c1ccc(C#N)cc1)C(=O)Nc1ccc(Cl)cc1Cl. The van der Waals surface area contributed by atoms with Crippen LogP contribution in [0.3, 0.4) is 0 Å². The van der Waals surface area contributed by atoms with E-state index >= 15 is 0 Å². The number of hydrogen-bond donors (Lipinski definition) is 1.